The zero-order chi connectivity index (χ0) is 6.69. The number of halogens is 2. The number of nitrogens with zero attached hydrogens (tertiary/aromatic N) is 1. The fraction of sp³-hybridized carbons (Fsp3) is 1.00. The molecule has 0 amide bonds. The lowest BCUT2D eigenvalue weighted by Gasteiger charge is -2.28. The molecule has 0 aromatic heterocycles. The Kier molecular flexibility index (Phi) is 9.08. The number of hydrogen-bond donors (Lipinski definition) is 1. The van der Waals surface area contributed by atoms with Gasteiger partial charge in [0, 0.05) is 19.6 Å². The molecular formula is C6H16Cl2N2O. The zero-order valence-electron chi connectivity index (χ0n) is 6.66. The average Bonchev–Trinajstić information content (AvgIpc) is 1.88. The van der Waals surface area contributed by atoms with E-state index in [2.05, 4.69) is 11.9 Å². The highest BCUT2D eigenvalue weighted by Gasteiger charge is 2.14. The van der Waals surface area contributed by atoms with Crippen molar-refractivity contribution in [3.63, 3.8) is 0 Å². The number of ether oxygens (including phenoxy) is 1. The van der Waals surface area contributed by atoms with Crippen LogP contribution in [-0.2, 0) is 4.74 Å². The molecule has 70 valence electrons. The molecule has 0 spiro atoms. The highest BCUT2D eigenvalue weighted by molar-refractivity contribution is 5.85. The third-order valence-electron chi connectivity index (χ3n) is 1.60. The van der Waals surface area contributed by atoms with E-state index in [4.69, 9.17) is 10.5 Å². The van der Waals surface area contributed by atoms with Gasteiger partial charge in [-0.05, 0) is 7.05 Å². The first kappa shape index (κ1) is 14.0. The number of morpholine rings is 1. The summed E-state index contributed by atoms with van der Waals surface area (Å²) in [4.78, 5) is 2.24. The van der Waals surface area contributed by atoms with Crippen LogP contribution in [0.2, 0.25) is 0 Å². The SMILES string of the molecule is CN1CCO[C@H](CN)C1.Cl.Cl. The Balaban J connectivity index is 0. The summed E-state index contributed by atoms with van der Waals surface area (Å²) in [7, 11) is 2.09. The first-order valence-electron chi connectivity index (χ1n) is 3.33. The Bertz CT molecular complexity index is 94.7. The maximum atomic E-state index is 5.41. The molecule has 0 unspecified atom stereocenters. The number of nitrogens with two attached hydrogens (primary N) is 1. The van der Waals surface area contributed by atoms with Crippen molar-refractivity contribution in [3.8, 4) is 0 Å². The largest absolute Gasteiger partial charge is 0.374 e. The van der Waals surface area contributed by atoms with Crippen molar-refractivity contribution >= 4 is 24.8 Å². The van der Waals surface area contributed by atoms with Crippen LogP contribution in [0.15, 0.2) is 0 Å². The molecule has 1 aliphatic rings. The third kappa shape index (κ3) is 4.82. The average molecular weight is 203 g/mol. The molecule has 1 heterocycles. The van der Waals surface area contributed by atoms with Gasteiger partial charge >= 0.3 is 0 Å². The van der Waals surface area contributed by atoms with Crippen LogP contribution in [0.25, 0.3) is 0 Å². The van der Waals surface area contributed by atoms with Gasteiger partial charge in [0.25, 0.3) is 0 Å². The van der Waals surface area contributed by atoms with E-state index in [-0.39, 0.29) is 30.9 Å². The van der Waals surface area contributed by atoms with E-state index >= 15 is 0 Å². The van der Waals surface area contributed by atoms with E-state index in [1.807, 2.05) is 0 Å². The molecule has 1 aliphatic heterocycles. The van der Waals surface area contributed by atoms with Crippen LogP contribution in [0.5, 0.6) is 0 Å². The van der Waals surface area contributed by atoms with E-state index in [0.29, 0.717) is 6.54 Å². The van der Waals surface area contributed by atoms with Gasteiger partial charge in [0.2, 0.25) is 0 Å². The monoisotopic (exact) mass is 202 g/mol. The topological polar surface area (TPSA) is 38.5 Å². The molecule has 3 nitrogen and oxygen atoms in total. The fourth-order valence-corrected chi connectivity index (χ4v) is 1.01. The summed E-state index contributed by atoms with van der Waals surface area (Å²) in [6.45, 7) is 3.50. The predicted octanol–water partition coefficient (Wildman–Crippen LogP) is 0.119. The Morgan fingerprint density at radius 3 is 2.55 bits per heavy atom. The lowest BCUT2D eigenvalue weighted by atomic mass is 10.3. The molecule has 1 fully saturated rings. The summed E-state index contributed by atoms with van der Waals surface area (Å²) in [6, 6.07) is 0. The smallest absolute Gasteiger partial charge is 0.0824 e. The molecule has 0 radical (unpaired) electrons. The summed E-state index contributed by atoms with van der Waals surface area (Å²) in [5.74, 6) is 0. The first-order chi connectivity index (χ1) is 4.33. The third-order valence-corrected chi connectivity index (χ3v) is 1.60. The minimum absolute atomic E-state index is 0. The van der Waals surface area contributed by atoms with Gasteiger partial charge in [-0.15, -0.1) is 24.8 Å². The molecule has 1 saturated heterocycles. The normalized spacial score (nSPS) is 25.1. The lowest BCUT2D eigenvalue weighted by Crippen LogP contribution is -2.43. The van der Waals surface area contributed by atoms with Gasteiger partial charge in [0.15, 0.2) is 0 Å². The van der Waals surface area contributed by atoms with Gasteiger partial charge in [-0.25, -0.2) is 0 Å². The highest BCUT2D eigenvalue weighted by Crippen LogP contribution is 1.99. The van der Waals surface area contributed by atoms with Crippen molar-refractivity contribution < 1.29 is 4.74 Å². The van der Waals surface area contributed by atoms with Crippen LogP contribution >= 0.6 is 24.8 Å². The summed E-state index contributed by atoms with van der Waals surface area (Å²) >= 11 is 0. The first-order valence-corrected chi connectivity index (χ1v) is 3.33. The summed E-state index contributed by atoms with van der Waals surface area (Å²) in [6.07, 6.45) is 0.267. The van der Waals surface area contributed by atoms with Crippen molar-refractivity contribution in [3.05, 3.63) is 0 Å². The second kappa shape index (κ2) is 7.13. The summed E-state index contributed by atoms with van der Waals surface area (Å²) in [5.41, 5.74) is 5.41. The minimum Gasteiger partial charge on any atom is -0.374 e. The molecule has 5 heteroatoms. The zero-order valence-corrected chi connectivity index (χ0v) is 8.29. The van der Waals surface area contributed by atoms with Gasteiger partial charge < -0.3 is 15.4 Å². The molecule has 1 atom stereocenters. The van der Waals surface area contributed by atoms with E-state index in [1.165, 1.54) is 0 Å². The van der Waals surface area contributed by atoms with Gasteiger partial charge in [0.1, 0.15) is 0 Å². The molecule has 0 aromatic carbocycles. The van der Waals surface area contributed by atoms with E-state index in [0.717, 1.165) is 19.7 Å². The Hall–Kier alpha value is 0.460. The van der Waals surface area contributed by atoms with Gasteiger partial charge in [-0.1, -0.05) is 0 Å². The second-order valence-corrected chi connectivity index (χ2v) is 2.49. The van der Waals surface area contributed by atoms with Crippen LogP contribution in [0, 0.1) is 0 Å². The molecule has 1 rings (SSSR count). The van der Waals surface area contributed by atoms with Crippen LogP contribution < -0.4 is 5.73 Å². The van der Waals surface area contributed by atoms with Crippen molar-refractivity contribution in [2.24, 2.45) is 5.73 Å². The van der Waals surface area contributed by atoms with Crippen molar-refractivity contribution in [2.45, 2.75) is 6.10 Å². The summed E-state index contributed by atoms with van der Waals surface area (Å²) in [5, 5.41) is 0. The highest BCUT2D eigenvalue weighted by atomic mass is 35.5. The Morgan fingerprint density at radius 1 is 1.55 bits per heavy atom. The Labute approximate surface area is 80.1 Å². The maximum absolute atomic E-state index is 5.41. The quantitative estimate of drug-likeness (QED) is 0.657. The Morgan fingerprint density at radius 2 is 2.18 bits per heavy atom. The second-order valence-electron chi connectivity index (χ2n) is 2.49. The van der Waals surface area contributed by atoms with Gasteiger partial charge in [-0.2, -0.15) is 0 Å². The molecular weight excluding hydrogens is 187 g/mol. The van der Waals surface area contributed by atoms with Gasteiger partial charge in [-0.3, -0.25) is 0 Å². The molecule has 0 aromatic rings. The molecule has 0 saturated carbocycles. The maximum Gasteiger partial charge on any atom is 0.0824 e. The van der Waals surface area contributed by atoms with Crippen molar-refractivity contribution in [1.29, 1.82) is 0 Å². The van der Waals surface area contributed by atoms with Crippen LogP contribution in [0.1, 0.15) is 0 Å². The van der Waals surface area contributed by atoms with E-state index < -0.39 is 0 Å². The molecule has 2 N–H and O–H groups in total. The molecule has 11 heavy (non-hydrogen) atoms. The fourth-order valence-electron chi connectivity index (χ4n) is 1.01. The minimum atomic E-state index is 0. The van der Waals surface area contributed by atoms with Gasteiger partial charge in [0.05, 0.1) is 12.7 Å². The number of rotatable bonds is 1. The standard InChI is InChI=1S/C6H14N2O.2ClH/c1-8-2-3-9-6(4-7)5-8;;/h6H,2-5,7H2,1H3;2*1H/t6-;;/m1../s1. The van der Waals surface area contributed by atoms with Crippen molar-refractivity contribution in [2.75, 3.05) is 33.3 Å². The van der Waals surface area contributed by atoms with Crippen LogP contribution in [0.3, 0.4) is 0 Å². The number of likely N-dealkylation sites (N-methyl/N-ethyl adjacent to an activating group) is 1. The lowest BCUT2D eigenvalue weighted by molar-refractivity contribution is -0.0138. The van der Waals surface area contributed by atoms with E-state index in [9.17, 15) is 0 Å². The van der Waals surface area contributed by atoms with E-state index in [1.54, 1.807) is 0 Å². The summed E-state index contributed by atoms with van der Waals surface area (Å²) < 4.78 is 5.33. The molecule has 0 aliphatic carbocycles. The van der Waals surface area contributed by atoms with Crippen LogP contribution in [-0.4, -0.2) is 44.3 Å². The number of hydrogen-bond acceptors (Lipinski definition) is 3. The van der Waals surface area contributed by atoms with Crippen molar-refractivity contribution in [1.82, 2.24) is 4.90 Å². The predicted molar refractivity (Wildman–Crippen MR) is 50.8 cm³/mol. The molecule has 0 bridgehead atoms. The van der Waals surface area contributed by atoms with Crippen LogP contribution in [0.4, 0.5) is 0 Å².